The van der Waals surface area contributed by atoms with Crippen molar-refractivity contribution in [2.75, 3.05) is 7.11 Å². The van der Waals surface area contributed by atoms with Gasteiger partial charge in [-0.1, -0.05) is 12.2 Å². The number of ether oxygens (including phenoxy) is 1. The number of methoxy groups -OCH3 is 1. The van der Waals surface area contributed by atoms with Gasteiger partial charge in [0.2, 0.25) is 0 Å². The van der Waals surface area contributed by atoms with E-state index in [0.29, 0.717) is 6.42 Å². The molecule has 6 nitrogen and oxygen atoms in total. The minimum Gasteiger partial charge on any atom is -0.481 e. The van der Waals surface area contributed by atoms with E-state index in [2.05, 4.69) is 4.89 Å². The fourth-order valence-electron chi connectivity index (χ4n) is 2.69. The Kier molecular flexibility index (Phi) is 3.68. The maximum Gasteiger partial charge on any atom is 0.347 e. The lowest BCUT2D eigenvalue weighted by Crippen LogP contribution is -2.34. The monoisotopic (exact) mass is 256 g/mol. The number of fused-ring (bicyclic) bond motifs is 2. The first-order valence-electron chi connectivity index (χ1n) is 5.85. The molecular weight excluding hydrogens is 240 g/mol. The van der Waals surface area contributed by atoms with Crippen molar-refractivity contribution in [3.05, 3.63) is 12.2 Å². The first kappa shape index (κ1) is 13.0. The summed E-state index contributed by atoms with van der Waals surface area (Å²) in [5, 5.41) is 9.17. The Morgan fingerprint density at radius 2 is 1.89 bits per heavy atom. The average molecular weight is 256 g/mol. The van der Waals surface area contributed by atoms with E-state index in [9.17, 15) is 14.7 Å². The number of carboxylic acid groups (broad SMARTS) is 1. The van der Waals surface area contributed by atoms with Gasteiger partial charge in [0.25, 0.3) is 0 Å². The molecule has 0 aromatic rings. The predicted octanol–water partition coefficient (Wildman–Crippen LogP) is 0.976. The van der Waals surface area contributed by atoms with Crippen LogP contribution in [0.25, 0.3) is 0 Å². The topological polar surface area (TPSA) is 82.1 Å². The molecule has 0 aromatic heterocycles. The largest absolute Gasteiger partial charge is 0.481 e. The van der Waals surface area contributed by atoms with Gasteiger partial charge in [0.1, 0.15) is 0 Å². The van der Waals surface area contributed by atoms with Crippen LogP contribution in [0.3, 0.4) is 0 Å². The van der Waals surface area contributed by atoms with Crippen LogP contribution in [0.1, 0.15) is 13.3 Å². The molecule has 0 aliphatic heterocycles. The van der Waals surface area contributed by atoms with E-state index in [-0.39, 0.29) is 11.8 Å². The van der Waals surface area contributed by atoms with Crippen molar-refractivity contribution >= 4 is 11.9 Å². The predicted molar refractivity (Wildman–Crippen MR) is 59.0 cm³/mol. The Morgan fingerprint density at radius 3 is 2.44 bits per heavy atom. The molecule has 5 unspecified atom stereocenters. The number of carbonyl (C=O) groups excluding carboxylic acids is 1. The summed E-state index contributed by atoms with van der Waals surface area (Å²) in [7, 11) is 1.42. The molecule has 5 atom stereocenters. The molecule has 0 aromatic carbocycles. The van der Waals surface area contributed by atoms with E-state index < -0.39 is 30.1 Å². The third-order valence-electron chi connectivity index (χ3n) is 3.61. The Bertz CT molecular complexity index is 377. The van der Waals surface area contributed by atoms with Gasteiger partial charge in [-0.25, -0.2) is 4.79 Å². The second-order valence-corrected chi connectivity index (χ2v) is 4.64. The summed E-state index contributed by atoms with van der Waals surface area (Å²) in [6.45, 7) is 1.57. The molecule has 0 saturated heterocycles. The van der Waals surface area contributed by atoms with Gasteiger partial charge < -0.3 is 9.84 Å². The van der Waals surface area contributed by atoms with Crippen molar-refractivity contribution in [1.29, 1.82) is 0 Å². The van der Waals surface area contributed by atoms with Crippen LogP contribution in [0.4, 0.5) is 0 Å². The van der Waals surface area contributed by atoms with Gasteiger partial charge in [-0.3, -0.25) is 9.68 Å². The van der Waals surface area contributed by atoms with Crippen LogP contribution in [0.2, 0.25) is 0 Å². The smallest absolute Gasteiger partial charge is 0.347 e. The van der Waals surface area contributed by atoms with Crippen LogP contribution < -0.4 is 0 Å². The minimum absolute atomic E-state index is 0.0648. The van der Waals surface area contributed by atoms with Crippen molar-refractivity contribution in [2.24, 2.45) is 23.7 Å². The molecule has 6 heteroatoms. The molecule has 1 fully saturated rings. The van der Waals surface area contributed by atoms with Crippen molar-refractivity contribution < 1.29 is 29.2 Å². The molecule has 0 heterocycles. The zero-order valence-corrected chi connectivity index (χ0v) is 10.2. The van der Waals surface area contributed by atoms with Gasteiger partial charge in [-0.05, 0) is 25.2 Å². The number of hydrogen-bond acceptors (Lipinski definition) is 5. The van der Waals surface area contributed by atoms with Crippen LogP contribution in [0.15, 0.2) is 12.2 Å². The van der Waals surface area contributed by atoms with E-state index in [4.69, 9.17) is 9.62 Å². The summed E-state index contributed by atoms with van der Waals surface area (Å²) in [4.78, 5) is 32.4. The van der Waals surface area contributed by atoms with Gasteiger partial charge in [-0.15, -0.1) is 0 Å². The molecule has 0 radical (unpaired) electrons. The first-order chi connectivity index (χ1) is 8.54. The third-order valence-corrected chi connectivity index (χ3v) is 3.61. The molecule has 2 aliphatic rings. The summed E-state index contributed by atoms with van der Waals surface area (Å²) in [6.07, 6.45) is 3.77. The normalized spacial score (nSPS) is 34.6. The van der Waals surface area contributed by atoms with Crippen molar-refractivity contribution in [1.82, 2.24) is 0 Å². The molecule has 100 valence electrons. The number of carbonyl (C=O) groups is 2. The molecule has 1 N–H and O–H groups in total. The van der Waals surface area contributed by atoms with Crippen LogP contribution in [0, 0.1) is 23.7 Å². The molecular formula is C12H16O6. The SMILES string of the molecule is COC(C)OOC(=O)C1C2C=CC(C2)C1C(=O)O. The lowest BCUT2D eigenvalue weighted by molar-refractivity contribution is -0.345. The second-order valence-electron chi connectivity index (χ2n) is 4.64. The molecule has 0 spiro atoms. The lowest BCUT2D eigenvalue weighted by atomic mass is 9.83. The summed E-state index contributed by atoms with van der Waals surface area (Å²) >= 11 is 0. The fraction of sp³-hybridized carbons (Fsp3) is 0.667. The van der Waals surface area contributed by atoms with Gasteiger partial charge >= 0.3 is 11.9 Å². The van der Waals surface area contributed by atoms with E-state index in [1.807, 2.05) is 12.2 Å². The summed E-state index contributed by atoms with van der Waals surface area (Å²) in [5.74, 6) is -3.12. The van der Waals surface area contributed by atoms with Crippen LogP contribution in [0.5, 0.6) is 0 Å². The Labute approximate surface area is 104 Å². The Hall–Kier alpha value is -1.40. The van der Waals surface area contributed by atoms with Gasteiger partial charge in [0.05, 0.1) is 11.8 Å². The standard InChI is InChI=1S/C12H16O6/c1-6(16-2)17-18-12(15)10-8-4-3-7(5-8)9(10)11(13)14/h3-4,6-10H,5H2,1-2H3,(H,13,14). The van der Waals surface area contributed by atoms with E-state index in [1.54, 1.807) is 6.92 Å². The highest BCUT2D eigenvalue weighted by atomic mass is 17.2. The number of rotatable bonds is 5. The Balaban J connectivity index is 2.01. The molecule has 2 aliphatic carbocycles. The fourth-order valence-corrected chi connectivity index (χ4v) is 2.69. The second kappa shape index (κ2) is 5.07. The number of aliphatic carboxylic acids is 1. The van der Waals surface area contributed by atoms with Gasteiger partial charge in [-0.2, -0.15) is 4.89 Å². The summed E-state index contributed by atoms with van der Waals surface area (Å²) in [6, 6.07) is 0. The highest BCUT2D eigenvalue weighted by Crippen LogP contribution is 2.48. The van der Waals surface area contributed by atoms with Crippen molar-refractivity contribution in [2.45, 2.75) is 19.6 Å². The molecule has 0 amide bonds. The molecule has 1 saturated carbocycles. The van der Waals surface area contributed by atoms with E-state index >= 15 is 0 Å². The van der Waals surface area contributed by atoms with Crippen molar-refractivity contribution in [3.8, 4) is 0 Å². The van der Waals surface area contributed by atoms with Crippen LogP contribution >= 0.6 is 0 Å². The highest BCUT2D eigenvalue weighted by Gasteiger charge is 2.52. The van der Waals surface area contributed by atoms with E-state index in [1.165, 1.54) is 7.11 Å². The maximum absolute atomic E-state index is 11.9. The number of hydrogen-bond donors (Lipinski definition) is 1. The zero-order valence-electron chi connectivity index (χ0n) is 10.2. The van der Waals surface area contributed by atoms with Crippen LogP contribution in [-0.2, 0) is 24.1 Å². The molecule has 2 rings (SSSR count). The van der Waals surface area contributed by atoms with E-state index in [0.717, 1.165) is 0 Å². The van der Waals surface area contributed by atoms with Crippen molar-refractivity contribution in [3.63, 3.8) is 0 Å². The third kappa shape index (κ3) is 2.26. The minimum atomic E-state index is -0.964. The zero-order chi connectivity index (χ0) is 13.3. The quantitative estimate of drug-likeness (QED) is 0.342. The number of carboxylic acids is 1. The van der Waals surface area contributed by atoms with Gasteiger partial charge in [0, 0.05) is 7.11 Å². The summed E-state index contributed by atoms with van der Waals surface area (Å²) < 4.78 is 4.77. The summed E-state index contributed by atoms with van der Waals surface area (Å²) in [5.41, 5.74) is 0. The highest BCUT2D eigenvalue weighted by molar-refractivity contribution is 5.83. The lowest BCUT2D eigenvalue weighted by Gasteiger charge is -2.22. The molecule has 18 heavy (non-hydrogen) atoms. The number of allylic oxidation sites excluding steroid dienone is 2. The Morgan fingerprint density at radius 1 is 1.28 bits per heavy atom. The van der Waals surface area contributed by atoms with Gasteiger partial charge in [0.15, 0.2) is 6.29 Å². The van der Waals surface area contributed by atoms with Crippen LogP contribution in [-0.4, -0.2) is 30.4 Å². The molecule has 2 bridgehead atoms. The maximum atomic E-state index is 11.9. The average Bonchev–Trinajstić information content (AvgIpc) is 2.95. The first-order valence-corrected chi connectivity index (χ1v) is 5.85.